The maximum absolute atomic E-state index is 13.0. The van der Waals surface area contributed by atoms with E-state index in [4.69, 9.17) is 5.26 Å². The summed E-state index contributed by atoms with van der Waals surface area (Å²) in [5.41, 5.74) is -0.879. The Labute approximate surface area is 119 Å². The van der Waals surface area contributed by atoms with E-state index in [0.717, 1.165) is 12.1 Å². The Morgan fingerprint density at radius 1 is 1.15 bits per heavy atom. The smallest absolute Gasteiger partial charge is 0.197 e. The second kappa shape index (κ2) is 5.58. The van der Waals surface area contributed by atoms with Crippen LogP contribution in [0.4, 0.5) is 13.2 Å². The van der Waals surface area contributed by atoms with Gasteiger partial charge in [-0.1, -0.05) is 13.8 Å². The highest BCUT2D eigenvalue weighted by atomic mass is 31.0. The lowest BCUT2D eigenvalue weighted by Crippen LogP contribution is -2.18. The van der Waals surface area contributed by atoms with Crippen molar-refractivity contribution in [3.8, 4) is 6.07 Å². The molecule has 0 bridgehead atoms. The third-order valence-corrected chi connectivity index (χ3v) is 4.02. The van der Waals surface area contributed by atoms with Gasteiger partial charge in [-0.05, 0) is 54.4 Å². The van der Waals surface area contributed by atoms with Crippen molar-refractivity contribution in [2.24, 2.45) is 5.92 Å². The molecule has 1 aromatic carbocycles. The van der Waals surface area contributed by atoms with Gasteiger partial charge in [-0.15, -0.1) is 8.86 Å². The van der Waals surface area contributed by atoms with Crippen LogP contribution in [0.3, 0.4) is 0 Å². The average molecular weight is 299 g/mol. The summed E-state index contributed by atoms with van der Waals surface area (Å²) in [4.78, 5) is 0. The summed E-state index contributed by atoms with van der Waals surface area (Å²) in [6.45, 7) is 6.99. The standard InChI is InChI=1S/C15H17F3NP/c1-9(2)13(20)10-5-11(14(3,4)8-19)7-12(6-10)15(16,17)18/h5-7,9,20H,1-4H3. The van der Waals surface area contributed by atoms with Crippen molar-refractivity contribution in [3.05, 3.63) is 34.9 Å². The minimum absolute atomic E-state index is 0.0631. The molecule has 0 fully saturated rings. The summed E-state index contributed by atoms with van der Waals surface area (Å²) in [7, 11) is 3.40. The van der Waals surface area contributed by atoms with Gasteiger partial charge < -0.3 is 0 Å². The van der Waals surface area contributed by atoms with Crippen LogP contribution < -0.4 is 0 Å². The summed E-state index contributed by atoms with van der Waals surface area (Å²) in [5, 5.41) is 9.82. The number of hydrogen-bond donors (Lipinski definition) is 0. The molecule has 0 aliphatic carbocycles. The summed E-state index contributed by atoms with van der Waals surface area (Å²) >= 11 is 0. The second-order valence-corrected chi connectivity index (χ2v) is 6.14. The van der Waals surface area contributed by atoms with E-state index in [1.807, 2.05) is 19.9 Å². The average Bonchev–Trinajstić information content (AvgIpc) is 2.36. The van der Waals surface area contributed by atoms with Crippen LogP contribution in [0.5, 0.6) is 0 Å². The number of hydrogen-bond acceptors (Lipinski definition) is 1. The highest BCUT2D eigenvalue weighted by molar-refractivity contribution is 7.22. The van der Waals surface area contributed by atoms with Crippen LogP contribution in [0.25, 0.3) is 0 Å². The predicted molar refractivity (Wildman–Crippen MR) is 77.3 cm³/mol. The molecule has 0 aromatic heterocycles. The monoisotopic (exact) mass is 299 g/mol. The Kier molecular flexibility index (Phi) is 4.66. The van der Waals surface area contributed by atoms with Gasteiger partial charge in [-0.3, -0.25) is 0 Å². The summed E-state index contributed by atoms with van der Waals surface area (Å²) in [5.74, 6) is 0.0631. The van der Waals surface area contributed by atoms with Gasteiger partial charge in [0.05, 0.1) is 17.0 Å². The topological polar surface area (TPSA) is 23.8 Å². The molecule has 1 rings (SSSR count). The number of nitrogens with zero attached hydrogens (tertiary/aromatic N) is 1. The molecule has 0 N–H and O–H groups in total. The molecule has 0 radical (unpaired) electrons. The molecule has 20 heavy (non-hydrogen) atoms. The Morgan fingerprint density at radius 3 is 2.05 bits per heavy atom. The highest BCUT2D eigenvalue weighted by Crippen LogP contribution is 2.34. The zero-order chi connectivity index (χ0) is 15.7. The van der Waals surface area contributed by atoms with Crippen molar-refractivity contribution in [3.63, 3.8) is 0 Å². The van der Waals surface area contributed by atoms with Crippen LogP contribution in [0.2, 0.25) is 0 Å². The molecule has 0 saturated heterocycles. The van der Waals surface area contributed by atoms with Gasteiger partial charge in [0, 0.05) is 0 Å². The summed E-state index contributed by atoms with van der Waals surface area (Å²) in [6, 6.07) is 5.84. The molecule has 1 aromatic rings. The maximum Gasteiger partial charge on any atom is 0.416 e. The zero-order valence-corrected chi connectivity index (χ0v) is 12.9. The first-order valence-corrected chi connectivity index (χ1v) is 6.72. The lowest BCUT2D eigenvalue weighted by atomic mass is 9.83. The first kappa shape index (κ1) is 16.7. The molecule has 108 valence electrons. The van der Waals surface area contributed by atoms with Crippen LogP contribution in [-0.4, -0.2) is 5.29 Å². The lowest BCUT2D eigenvalue weighted by molar-refractivity contribution is -0.137. The first-order chi connectivity index (χ1) is 8.99. The molecule has 0 spiro atoms. The SMILES string of the molecule is CC(C)C(=P)c1cc(C(F)(F)F)cc(C(C)(C)C#N)c1. The van der Waals surface area contributed by atoms with E-state index >= 15 is 0 Å². The number of alkyl halides is 3. The van der Waals surface area contributed by atoms with E-state index in [-0.39, 0.29) is 5.92 Å². The van der Waals surface area contributed by atoms with E-state index in [9.17, 15) is 13.2 Å². The second-order valence-electron chi connectivity index (χ2n) is 5.60. The Hall–Kier alpha value is -1.33. The maximum atomic E-state index is 13.0. The van der Waals surface area contributed by atoms with Crippen LogP contribution in [0.1, 0.15) is 44.4 Å². The zero-order valence-electron chi connectivity index (χ0n) is 11.9. The van der Waals surface area contributed by atoms with E-state index in [2.05, 4.69) is 8.86 Å². The molecule has 0 unspecified atom stereocenters. The first-order valence-electron chi connectivity index (χ1n) is 6.22. The third-order valence-electron chi connectivity index (χ3n) is 3.15. The summed E-state index contributed by atoms with van der Waals surface area (Å²) < 4.78 is 39.0. The van der Waals surface area contributed by atoms with Gasteiger partial charge in [-0.2, -0.15) is 18.4 Å². The van der Waals surface area contributed by atoms with Gasteiger partial charge in [0.25, 0.3) is 0 Å². The minimum Gasteiger partial charge on any atom is -0.197 e. The van der Waals surface area contributed by atoms with Gasteiger partial charge in [0.2, 0.25) is 0 Å². The molecular weight excluding hydrogens is 282 g/mol. The van der Waals surface area contributed by atoms with Gasteiger partial charge >= 0.3 is 6.18 Å². The van der Waals surface area contributed by atoms with E-state index in [0.29, 0.717) is 16.4 Å². The molecule has 0 amide bonds. The quantitative estimate of drug-likeness (QED) is 0.734. The fraction of sp³-hybridized carbons (Fsp3) is 0.467. The number of halogens is 3. The van der Waals surface area contributed by atoms with Gasteiger partial charge in [0.1, 0.15) is 0 Å². The van der Waals surface area contributed by atoms with Crippen molar-refractivity contribution >= 4 is 14.2 Å². The van der Waals surface area contributed by atoms with E-state index in [1.54, 1.807) is 19.9 Å². The highest BCUT2D eigenvalue weighted by Gasteiger charge is 2.33. The summed E-state index contributed by atoms with van der Waals surface area (Å²) in [6.07, 6.45) is -4.43. The molecular formula is C15H17F3NP. The third kappa shape index (κ3) is 3.61. The van der Waals surface area contributed by atoms with Crippen LogP contribution in [0.15, 0.2) is 18.2 Å². The Balaban J connectivity index is 3.53. The van der Waals surface area contributed by atoms with E-state index in [1.165, 1.54) is 0 Å². The fourth-order valence-corrected chi connectivity index (χ4v) is 1.85. The molecule has 0 atom stereocenters. The molecule has 0 heterocycles. The molecule has 0 aliphatic heterocycles. The van der Waals surface area contributed by atoms with Gasteiger partial charge in [0.15, 0.2) is 0 Å². The number of rotatable bonds is 3. The van der Waals surface area contributed by atoms with Crippen molar-refractivity contribution in [2.75, 3.05) is 0 Å². The van der Waals surface area contributed by atoms with Gasteiger partial charge in [-0.25, -0.2) is 0 Å². The number of nitriles is 1. The van der Waals surface area contributed by atoms with Crippen LogP contribution in [-0.2, 0) is 11.6 Å². The number of benzene rings is 1. The molecule has 1 nitrogen and oxygen atoms in total. The van der Waals surface area contributed by atoms with E-state index < -0.39 is 17.2 Å². The molecule has 0 saturated carbocycles. The minimum atomic E-state index is -4.43. The van der Waals surface area contributed by atoms with Crippen molar-refractivity contribution < 1.29 is 13.2 Å². The predicted octanol–water partition coefficient (Wildman–Crippen LogP) is 4.83. The fourth-order valence-electron chi connectivity index (χ4n) is 1.71. The Bertz CT molecular complexity index is 565. The van der Waals surface area contributed by atoms with Crippen molar-refractivity contribution in [1.82, 2.24) is 0 Å². The largest absolute Gasteiger partial charge is 0.416 e. The van der Waals surface area contributed by atoms with Crippen molar-refractivity contribution in [1.29, 1.82) is 5.26 Å². The molecule has 5 heteroatoms. The Morgan fingerprint density at radius 2 is 1.65 bits per heavy atom. The normalized spacial score (nSPS) is 12.3. The lowest BCUT2D eigenvalue weighted by Gasteiger charge is -2.21. The van der Waals surface area contributed by atoms with Crippen molar-refractivity contribution in [2.45, 2.75) is 39.3 Å². The van der Waals surface area contributed by atoms with Crippen LogP contribution >= 0.6 is 8.86 Å². The van der Waals surface area contributed by atoms with Crippen LogP contribution in [0, 0.1) is 17.2 Å². The molecule has 0 aliphatic rings.